The lowest BCUT2D eigenvalue weighted by molar-refractivity contribution is -0.123. The van der Waals surface area contributed by atoms with Gasteiger partial charge in [-0.2, -0.15) is 0 Å². The fraction of sp³-hybridized carbons (Fsp3) is 0.238. The molecule has 8 nitrogen and oxygen atoms in total. The van der Waals surface area contributed by atoms with Crippen molar-refractivity contribution < 1.29 is 14.3 Å². The molecular weight excluding hydrogens is 370 g/mol. The van der Waals surface area contributed by atoms with Gasteiger partial charge < -0.3 is 19.4 Å². The smallest absolute Gasteiger partial charge is 0.238 e. The Morgan fingerprint density at radius 3 is 2.97 bits per heavy atom. The van der Waals surface area contributed by atoms with Crippen molar-refractivity contribution in [1.82, 2.24) is 25.7 Å². The molecule has 1 aromatic heterocycles. The lowest BCUT2D eigenvalue weighted by Crippen LogP contribution is -2.42. The van der Waals surface area contributed by atoms with Crippen LogP contribution in [0.3, 0.4) is 0 Å². The van der Waals surface area contributed by atoms with Crippen LogP contribution in [0.2, 0.25) is 0 Å². The van der Waals surface area contributed by atoms with E-state index in [0.717, 1.165) is 28.3 Å². The molecule has 0 radical (unpaired) electrons. The number of ether oxygens (including phenoxy) is 2. The molecule has 2 unspecified atom stereocenters. The minimum absolute atomic E-state index is 0.0264. The summed E-state index contributed by atoms with van der Waals surface area (Å²) in [5, 5.41) is 3.04. The third-order valence-corrected chi connectivity index (χ3v) is 5.25. The zero-order valence-corrected chi connectivity index (χ0v) is 15.7. The van der Waals surface area contributed by atoms with Gasteiger partial charge in [-0.05, 0) is 35.7 Å². The highest BCUT2D eigenvalue weighted by Gasteiger charge is 2.31. The first-order valence-electron chi connectivity index (χ1n) is 9.52. The standard InChI is InChI=1S/C21H21N5O3/c27-21(23-11-15-3-1-2-4-18(15)26-8-7-22-12-26)17-10-16(24-25-17)14-5-6-19-20(9-14)29-13-28-19/h1-9,12,16-17,24-25H,10-11,13H2,(H,23,27). The van der Waals surface area contributed by atoms with Crippen molar-refractivity contribution in [3.05, 3.63) is 72.3 Å². The number of nitrogens with zero attached hydrogens (tertiary/aromatic N) is 2. The summed E-state index contributed by atoms with van der Waals surface area (Å²) in [6.45, 7) is 0.695. The Morgan fingerprint density at radius 2 is 2.07 bits per heavy atom. The summed E-state index contributed by atoms with van der Waals surface area (Å²) in [5.74, 6) is 1.46. The Hall–Kier alpha value is -3.36. The topological polar surface area (TPSA) is 89.4 Å². The SMILES string of the molecule is O=C(NCc1ccccc1-n1ccnc1)C1CC(c2ccc3c(c2)OCO3)NN1. The van der Waals surface area contributed by atoms with E-state index in [-0.39, 0.29) is 24.8 Å². The second-order valence-corrected chi connectivity index (χ2v) is 7.06. The molecule has 148 valence electrons. The van der Waals surface area contributed by atoms with Gasteiger partial charge in [0.05, 0.1) is 12.0 Å². The van der Waals surface area contributed by atoms with Gasteiger partial charge in [-0.1, -0.05) is 24.3 Å². The van der Waals surface area contributed by atoms with Crippen LogP contribution in [0.1, 0.15) is 23.6 Å². The molecule has 2 aliphatic rings. The number of carbonyl (C=O) groups is 1. The number of hydrazine groups is 1. The number of aromatic nitrogens is 2. The van der Waals surface area contributed by atoms with E-state index < -0.39 is 0 Å². The molecule has 0 aliphatic carbocycles. The summed E-state index contributed by atoms with van der Waals surface area (Å²) in [5.41, 5.74) is 9.39. The first kappa shape index (κ1) is 17.7. The van der Waals surface area contributed by atoms with Crippen LogP contribution >= 0.6 is 0 Å². The van der Waals surface area contributed by atoms with E-state index in [4.69, 9.17) is 9.47 Å². The summed E-state index contributed by atoms with van der Waals surface area (Å²) in [6.07, 6.45) is 6.02. The van der Waals surface area contributed by atoms with Crippen LogP contribution in [0.15, 0.2) is 61.2 Å². The number of hydrogen-bond donors (Lipinski definition) is 3. The van der Waals surface area contributed by atoms with E-state index in [1.807, 2.05) is 53.2 Å². The number of nitrogens with one attached hydrogen (secondary N) is 3. The molecule has 1 fully saturated rings. The van der Waals surface area contributed by atoms with Crippen LogP contribution in [0.25, 0.3) is 5.69 Å². The molecule has 29 heavy (non-hydrogen) atoms. The van der Waals surface area contributed by atoms with E-state index in [1.54, 1.807) is 12.5 Å². The number of carbonyl (C=O) groups excluding carboxylic acids is 1. The van der Waals surface area contributed by atoms with Crippen LogP contribution in [-0.2, 0) is 11.3 Å². The van der Waals surface area contributed by atoms with E-state index in [0.29, 0.717) is 13.0 Å². The molecule has 8 heteroatoms. The molecule has 0 bridgehead atoms. The Balaban J connectivity index is 1.22. The van der Waals surface area contributed by atoms with Crippen molar-refractivity contribution in [3.63, 3.8) is 0 Å². The lowest BCUT2D eigenvalue weighted by atomic mass is 10.0. The molecule has 2 aliphatic heterocycles. The molecular formula is C21H21N5O3. The summed E-state index contributed by atoms with van der Waals surface area (Å²) < 4.78 is 12.7. The Kier molecular flexibility index (Phi) is 4.63. The Morgan fingerprint density at radius 1 is 1.17 bits per heavy atom. The normalized spacial score (nSPS) is 20.0. The fourth-order valence-electron chi connectivity index (χ4n) is 3.70. The average molecular weight is 391 g/mol. The third kappa shape index (κ3) is 3.55. The van der Waals surface area contributed by atoms with Crippen molar-refractivity contribution in [1.29, 1.82) is 0 Å². The lowest BCUT2D eigenvalue weighted by Gasteiger charge is -2.14. The second-order valence-electron chi connectivity index (χ2n) is 7.06. The maximum atomic E-state index is 12.7. The van der Waals surface area contributed by atoms with Gasteiger partial charge in [0.15, 0.2) is 11.5 Å². The molecule has 3 aromatic rings. The molecule has 1 saturated heterocycles. The monoisotopic (exact) mass is 391 g/mol. The second kappa shape index (κ2) is 7.57. The van der Waals surface area contributed by atoms with Crippen LogP contribution in [-0.4, -0.2) is 28.3 Å². The van der Waals surface area contributed by atoms with Gasteiger partial charge in [-0.15, -0.1) is 0 Å². The van der Waals surface area contributed by atoms with Gasteiger partial charge in [0.25, 0.3) is 0 Å². The van der Waals surface area contributed by atoms with Crippen molar-refractivity contribution in [2.75, 3.05) is 6.79 Å². The first-order valence-corrected chi connectivity index (χ1v) is 9.52. The molecule has 0 spiro atoms. The first-order chi connectivity index (χ1) is 14.3. The van der Waals surface area contributed by atoms with Gasteiger partial charge in [-0.25, -0.2) is 15.8 Å². The van der Waals surface area contributed by atoms with E-state index >= 15 is 0 Å². The molecule has 5 rings (SSSR count). The molecule has 2 aromatic carbocycles. The molecule has 2 atom stereocenters. The van der Waals surface area contributed by atoms with Gasteiger partial charge in [0.2, 0.25) is 12.7 Å². The predicted octanol–water partition coefficient (Wildman–Crippen LogP) is 1.82. The predicted molar refractivity (Wildman–Crippen MR) is 105 cm³/mol. The number of para-hydroxylation sites is 1. The zero-order valence-electron chi connectivity index (χ0n) is 15.7. The van der Waals surface area contributed by atoms with Crippen LogP contribution in [0.4, 0.5) is 0 Å². The van der Waals surface area contributed by atoms with E-state index in [9.17, 15) is 4.79 Å². The number of fused-ring (bicyclic) bond motifs is 1. The molecule has 0 saturated carbocycles. The van der Waals surface area contributed by atoms with Crippen LogP contribution in [0.5, 0.6) is 11.5 Å². The van der Waals surface area contributed by atoms with Crippen molar-refractivity contribution in [2.24, 2.45) is 0 Å². The molecule has 3 N–H and O–H groups in total. The van der Waals surface area contributed by atoms with Gasteiger partial charge in [0.1, 0.15) is 6.04 Å². The number of hydrogen-bond acceptors (Lipinski definition) is 6. The van der Waals surface area contributed by atoms with Crippen molar-refractivity contribution in [2.45, 2.75) is 25.0 Å². The van der Waals surface area contributed by atoms with Crippen LogP contribution in [0, 0.1) is 0 Å². The van der Waals surface area contributed by atoms with Gasteiger partial charge in [-0.3, -0.25) is 4.79 Å². The summed E-state index contributed by atoms with van der Waals surface area (Å²) >= 11 is 0. The quantitative estimate of drug-likeness (QED) is 0.615. The number of amides is 1. The summed E-state index contributed by atoms with van der Waals surface area (Å²) in [6, 6.07) is 13.5. The summed E-state index contributed by atoms with van der Waals surface area (Å²) in [4.78, 5) is 16.8. The summed E-state index contributed by atoms with van der Waals surface area (Å²) in [7, 11) is 0. The van der Waals surface area contributed by atoms with Crippen molar-refractivity contribution >= 4 is 5.91 Å². The fourth-order valence-corrected chi connectivity index (χ4v) is 3.70. The highest BCUT2D eigenvalue weighted by Crippen LogP contribution is 2.35. The minimum Gasteiger partial charge on any atom is -0.454 e. The highest BCUT2D eigenvalue weighted by molar-refractivity contribution is 5.82. The van der Waals surface area contributed by atoms with E-state index in [1.165, 1.54) is 0 Å². The van der Waals surface area contributed by atoms with Crippen LogP contribution < -0.4 is 25.6 Å². The maximum absolute atomic E-state index is 12.7. The minimum atomic E-state index is -0.314. The maximum Gasteiger partial charge on any atom is 0.238 e. The zero-order chi connectivity index (χ0) is 19.6. The number of benzene rings is 2. The number of rotatable bonds is 5. The Labute approximate surface area is 167 Å². The van der Waals surface area contributed by atoms with Crippen molar-refractivity contribution in [3.8, 4) is 17.2 Å². The Bertz CT molecular complexity index is 1020. The average Bonchev–Trinajstić information content (AvgIpc) is 3.53. The largest absolute Gasteiger partial charge is 0.454 e. The third-order valence-electron chi connectivity index (χ3n) is 5.25. The van der Waals surface area contributed by atoms with Gasteiger partial charge >= 0.3 is 0 Å². The molecule has 1 amide bonds. The van der Waals surface area contributed by atoms with E-state index in [2.05, 4.69) is 21.2 Å². The highest BCUT2D eigenvalue weighted by atomic mass is 16.7. The van der Waals surface area contributed by atoms with Gasteiger partial charge in [0, 0.05) is 25.0 Å². The molecule has 3 heterocycles. The number of imidazole rings is 1.